The highest BCUT2D eigenvalue weighted by Crippen LogP contribution is 2.52. The molecule has 2 rings (SSSR count). The lowest BCUT2D eigenvalue weighted by Gasteiger charge is -2.26. The second-order valence-electron chi connectivity index (χ2n) is 4.96. The zero-order valence-electron chi connectivity index (χ0n) is 10.2. The van der Waals surface area contributed by atoms with Gasteiger partial charge >= 0.3 is 5.97 Å². The topological polar surface area (TPSA) is 43.4 Å². The molecular weight excluding hydrogens is 216 g/mol. The van der Waals surface area contributed by atoms with Crippen molar-refractivity contribution < 1.29 is 14.3 Å². The molecule has 0 amide bonds. The SMILES string of the molecule is CCCCCOC(=O)C12C=CC([CH]C1C=O)C2. The summed E-state index contributed by atoms with van der Waals surface area (Å²) in [6, 6.07) is 0. The van der Waals surface area contributed by atoms with Crippen LogP contribution in [0.3, 0.4) is 0 Å². The van der Waals surface area contributed by atoms with E-state index in [4.69, 9.17) is 4.74 Å². The number of esters is 1. The molecule has 2 aliphatic rings. The second-order valence-corrected chi connectivity index (χ2v) is 4.96. The van der Waals surface area contributed by atoms with Gasteiger partial charge in [0.2, 0.25) is 0 Å². The van der Waals surface area contributed by atoms with Crippen LogP contribution in [-0.4, -0.2) is 18.9 Å². The summed E-state index contributed by atoms with van der Waals surface area (Å²) in [5, 5.41) is 0. The van der Waals surface area contributed by atoms with Crippen molar-refractivity contribution in [2.24, 2.45) is 17.3 Å². The number of unbranched alkanes of at least 4 members (excludes halogenated alkanes) is 2. The van der Waals surface area contributed by atoms with Gasteiger partial charge in [-0.25, -0.2) is 0 Å². The first-order valence-corrected chi connectivity index (χ1v) is 6.40. The Morgan fingerprint density at radius 3 is 3.00 bits per heavy atom. The maximum atomic E-state index is 12.1. The molecule has 0 heterocycles. The zero-order chi connectivity index (χ0) is 12.3. The summed E-state index contributed by atoms with van der Waals surface area (Å²) >= 11 is 0. The summed E-state index contributed by atoms with van der Waals surface area (Å²) in [6.45, 7) is 2.58. The summed E-state index contributed by atoms with van der Waals surface area (Å²) in [4.78, 5) is 23.1. The van der Waals surface area contributed by atoms with Gasteiger partial charge in [0, 0.05) is 5.92 Å². The van der Waals surface area contributed by atoms with E-state index in [1.807, 2.05) is 18.6 Å². The molecule has 3 atom stereocenters. The number of fused-ring (bicyclic) bond motifs is 2. The van der Waals surface area contributed by atoms with E-state index in [-0.39, 0.29) is 17.8 Å². The van der Waals surface area contributed by atoms with Crippen molar-refractivity contribution in [3.63, 3.8) is 0 Å². The predicted molar refractivity (Wildman–Crippen MR) is 64.0 cm³/mol. The minimum atomic E-state index is -0.682. The van der Waals surface area contributed by atoms with Crippen LogP contribution >= 0.6 is 0 Å². The molecule has 1 saturated carbocycles. The number of allylic oxidation sites excluding steroid dienone is 1. The van der Waals surface area contributed by atoms with Crippen LogP contribution in [0, 0.1) is 23.7 Å². The molecule has 1 radical (unpaired) electrons. The minimum Gasteiger partial charge on any atom is -0.465 e. The molecule has 0 aromatic heterocycles. The van der Waals surface area contributed by atoms with Crippen molar-refractivity contribution in [1.29, 1.82) is 0 Å². The second kappa shape index (κ2) is 5.03. The molecule has 3 nitrogen and oxygen atoms in total. The van der Waals surface area contributed by atoms with Gasteiger partial charge < -0.3 is 9.53 Å². The van der Waals surface area contributed by atoms with Crippen molar-refractivity contribution in [2.75, 3.05) is 6.61 Å². The fourth-order valence-electron chi connectivity index (χ4n) is 2.74. The van der Waals surface area contributed by atoms with E-state index < -0.39 is 5.41 Å². The van der Waals surface area contributed by atoms with Gasteiger partial charge in [-0.15, -0.1) is 0 Å². The van der Waals surface area contributed by atoms with Crippen LogP contribution in [0.2, 0.25) is 0 Å². The monoisotopic (exact) mass is 235 g/mol. The van der Waals surface area contributed by atoms with E-state index in [0.29, 0.717) is 13.0 Å². The Labute approximate surface area is 102 Å². The van der Waals surface area contributed by atoms with E-state index >= 15 is 0 Å². The quantitative estimate of drug-likeness (QED) is 0.307. The minimum absolute atomic E-state index is 0.224. The molecule has 3 heteroatoms. The number of carbonyl (C=O) groups excluding carboxylic acids is 2. The Bertz CT molecular complexity index is 334. The van der Waals surface area contributed by atoms with Crippen LogP contribution in [0.5, 0.6) is 0 Å². The van der Waals surface area contributed by atoms with Gasteiger partial charge in [0.05, 0.1) is 12.0 Å². The molecule has 3 unspecified atom stereocenters. The van der Waals surface area contributed by atoms with Gasteiger partial charge in [-0.3, -0.25) is 4.79 Å². The van der Waals surface area contributed by atoms with Crippen LogP contribution in [-0.2, 0) is 14.3 Å². The summed E-state index contributed by atoms with van der Waals surface area (Å²) in [7, 11) is 0. The van der Waals surface area contributed by atoms with Crippen molar-refractivity contribution in [3.05, 3.63) is 18.6 Å². The first-order valence-electron chi connectivity index (χ1n) is 6.40. The molecule has 93 valence electrons. The van der Waals surface area contributed by atoms with Gasteiger partial charge in [-0.05, 0) is 25.2 Å². The Hall–Kier alpha value is -1.12. The fraction of sp³-hybridized carbons (Fsp3) is 0.643. The maximum Gasteiger partial charge on any atom is 0.316 e. The normalized spacial score (nSPS) is 33.9. The van der Waals surface area contributed by atoms with Gasteiger partial charge in [-0.1, -0.05) is 31.9 Å². The van der Waals surface area contributed by atoms with Gasteiger partial charge in [-0.2, -0.15) is 0 Å². The molecule has 0 saturated heterocycles. The highest BCUT2D eigenvalue weighted by Gasteiger charge is 2.54. The lowest BCUT2D eigenvalue weighted by Crippen LogP contribution is -2.35. The number of carbonyl (C=O) groups is 2. The Balaban J connectivity index is 1.93. The Morgan fingerprint density at radius 2 is 2.35 bits per heavy atom. The standard InChI is InChI=1S/C14H19O3/c1-2-3-4-7-17-13(16)14-6-5-11(9-14)8-12(14)10-15/h5-6,8,10-12H,2-4,7,9H2,1H3. The molecule has 0 spiro atoms. The lowest BCUT2D eigenvalue weighted by molar-refractivity contribution is -0.155. The number of rotatable bonds is 6. The van der Waals surface area contributed by atoms with Crippen LogP contribution in [0.4, 0.5) is 0 Å². The molecular formula is C14H19O3. The van der Waals surface area contributed by atoms with E-state index in [9.17, 15) is 9.59 Å². The summed E-state index contributed by atoms with van der Waals surface area (Å²) in [6.07, 6.45) is 10.5. The summed E-state index contributed by atoms with van der Waals surface area (Å²) < 4.78 is 5.31. The third-order valence-electron chi connectivity index (χ3n) is 3.77. The van der Waals surface area contributed by atoms with Gasteiger partial charge in [0.1, 0.15) is 6.29 Å². The number of aldehydes is 1. The average Bonchev–Trinajstić information content (AvgIpc) is 2.92. The number of hydrogen-bond acceptors (Lipinski definition) is 3. The lowest BCUT2D eigenvalue weighted by atomic mass is 9.79. The smallest absolute Gasteiger partial charge is 0.316 e. The van der Waals surface area contributed by atoms with Crippen LogP contribution < -0.4 is 0 Å². The molecule has 0 aliphatic heterocycles. The van der Waals surface area contributed by atoms with Gasteiger partial charge in [0.25, 0.3) is 0 Å². The summed E-state index contributed by atoms with van der Waals surface area (Å²) in [5.41, 5.74) is -0.682. The maximum absolute atomic E-state index is 12.1. The highest BCUT2D eigenvalue weighted by molar-refractivity contribution is 5.86. The van der Waals surface area contributed by atoms with Gasteiger partial charge in [0.15, 0.2) is 0 Å². The first-order chi connectivity index (χ1) is 8.23. The molecule has 17 heavy (non-hydrogen) atoms. The highest BCUT2D eigenvalue weighted by atomic mass is 16.5. The van der Waals surface area contributed by atoms with E-state index in [2.05, 4.69) is 6.92 Å². The van der Waals surface area contributed by atoms with Crippen molar-refractivity contribution >= 4 is 12.3 Å². The third kappa shape index (κ3) is 2.15. The number of ether oxygens (including phenoxy) is 1. The predicted octanol–water partition coefficient (Wildman–Crippen LogP) is 2.32. The average molecular weight is 235 g/mol. The zero-order valence-corrected chi connectivity index (χ0v) is 10.2. The van der Waals surface area contributed by atoms with Crippen molar-refractivity contribution in [3.8, 4) is 0 Å². The van der Waals surface area contributed by atoms with E-state index in [0.717, 1.165) is 25.5 Å². The van der Waals surface area contributed by atoms with Crippen LogP contribution in [0.1, 0.15) is 32.6 Å². The molecule has 2 bridgehead atoms. The molecule has 1 fully saturated rings. The van der Waals surface area contributed by atoms with Crippen molar-refractivity contribution in [2.45, 2.75) is 32.6 Å². The summed E-state index contributed by atoms with van der Waals surface area (Å²) in [5.74, 6) is -0.247. The van der Waals surface area contributed by atoms with Crippen molar-refractivity contribution in [1.82, 2.24) is 0 Å². The number of hydrogen-bond donors (Lipinski definition) is 0. The van der Waals surface area contributed by atoms with Crippen LogP contribution in [0.25, 0.3) is 0 Å². The largest absolute Gasteiger partial charge is 0.465 e. The molecule has 0 aromatic rings. The third-order valence-corrected chi connectivity index (χ3v) is 3.77. The van der Waals surface area contributed by atoms with E-state index in [1.165, 1.54) is 0 Å². The van der Waals surface area contributed by atoms with Crippen LogP contribution in [0.15, 0.2) is 12.2 Å². The molecule has 0 N–H and O–H groups in total. The molecule has 2 aliphatic carbocycles. The van der Waals surface area contributed by atoms with E-state index in [1.54, 1.807) is 0 Å². The Morgan fingerprint density at radius 1 is 1.53 bits per heavy atom. The fourth-order valence-corrected chi connectivity index (χ4v) is 2.74. The Kier molecular flexibility index (Phi) is 3.65. The first kappa shape index (κ1) is 12.3. The molecule has 0 aromatic carbocycles.